The molecule has 0 saturated heterocycles. The van der Waals surface area contributed by atoms with Crippen LogP contribution in [-0.2, 0) is 4.79 Å². The van der Waals surface area contributed by atoms with Gasteiger partial charge in [0.25, 0.3) is 0 Å². The zero-order valence-electron chi connectivity index (χ0n) is 10.2. The van der Waals surface area contributed by atoms with Gasteiger partial charge in [-0.15, -0.1) is 0 Å². The van der Waals surface area contributed by atoms with Crippen molar-refractivity contribution in [3.05, 3.63) is 12.3 Å². The van der Waals surface area contributed by atoms with Gasteiger partial charge in [-0.1, -0.05) is 20.3 Å². The van der Waals surface area contributed by atoms with Gasteiger partial charge in [-0.2, -0.15) is 17.6 Å². The molecule has 1 amide bonds. The number of rotatable bonds is 3. The van der Waals surface area contributed by atoms with Crippen LogP contribution in [0, 0.1) is 5.92 Å². The van der Waals surface area contributed by atoms with Gasteiger partial charge in [0, 0.05) is 12.3 Å². The average Bonchev–Trinajstić information content (AvgIpc) is 2.29. The molecular weight excluding hydrogens is 252 g/mol. The number of amides is 1. The van der Waals surface area contributed by atoms with Crippen molar-refractivity contribution < 1.29 is 22.4 Å². The van der Waals surface area contributed by atoms with E-state index in [4.69, 9.17) is 5.73 Å². The number of nitrogens with two attached hydrogens (primary N) is 1. The first kappa shape index (κ1) is 14.9. The molecule has 2 N–H and O–H groups in total. The minimum atomic E-state index is -4.27. The van der Waals surface area contributed by atoms with Crippen LogP contribution in [0.25, 0.3) is 0 Å². The molecule has 3 nitrogen and oxygen atoms in total. The van der Waals surface area contributed by atoms with Crippen molar-refractivity contribution in [3.63, 3.8) is 0 Å². The molecule has 0 saturated carbocycles. The molecule has 7 heteroatoms. The number of hydrogen-bond donors (Lipinski definition) is 1. The molecule has 0 unspecified atom stereocenters. The van der Waals surface area contributed by atoms with Crippen molar-refractivity contribution in [2.24, 2.45) is 11.7 Å². The second-order valence-corrected chi connectivity index (χ2v) is 4.52. The molecule has 0 aromatic carbocycles. The third-order valence-electron chi connectivity index (χ3n) is 3.15. The third-order valence-corrected chi connectivity index (χ3v) is 3.15. The Balaban J connectivity index is 2.85. The first-order valence-electron chi connectivity index (χ1n) is 5.63. The number of alkyl halides is 4. The summed E-state index contributed by atoms with van der Waals surface area (Å²) in [5, 5.41) is 0. The number of carbonyl (C=O) groups is 1. The summed E-state index contributed by atoms with van der Waals surface area (Å²) in [5.41, 5.74) is 5.60. The van der Waals surface area contributed by atoms with E-state index >= 15 is 0 Å². The van der Waals surface area contributed by atoms with Gasteiger partial charge < -0.3 is 10.6 Å². The van der Waals surface area contributed by atoms with Gasteiger partial charge in [-0.25, -0.2) is 0 Å². The lowest BCUT2D eigenvalue weighted by molar-refractivity contribution is -0.195. The normalized spacial score (nSPS) is 24.7. The van der Waals surface area contributed by atoms with E-state index in [1.165, 1.54) is 0 Å². The van der Waals surface area contributed by atoms with Crippen LogP contribution in [0.15, 0.2) is 12.3 Å². The van der Waals surface area contributed by atoms with Gasteiger partial charge in [0.2, 0.25) is 5.91 Å². The molecule has 0 spiro atoms. The Morgan fingerprint density at radius 2 is 2.00 bits per heavy atom. The van der Waals surface area contributed by atoms with E-state index in [1.54, 1.807) is 13.8 Å². The Bertz CT molecular complexity index is 357. The molecule has 0 aromatic rings. The lowest BCUT2D eigenvalue weighted by Gasteiger charge is -2.34. The average molecular weight is 268 g/mol. The van der Waals surface area contributed by atoms with E-state index in [1.807, 2.05) is 0 Å². The quantitative estimate of drug-likeness (QED) is 0.796. The highest BCUT2D eigenvalue weighted by Crippen LogP contribution is 2.39. The largest absolute Gasteiger partial charge is 0.332 e. The maximum atomic E-state index is 13.1. The lowest BCUT2D eigenvalue weighted by Crippen LogP contribution is -2.55. The Morgan fingerprint density at radius 1 is 1.44 bits per heavy atom. The summed E-state index contributed by atoms with van der Waals surface area (Å²) in [4.78, 5) is 12.3. The van der Waals surface area contributed by atoms with Crippen LogP contribution in [-0.4, -0.2) is 35.2 Å². The van der Waals surface area contributed by atoms with Gasteiger partial charge in [0.05, 0.1) is 12.6 Å². The van der Waals surface area contributed by atoms with Crippen molar-refractivity contribution >= 4 is 5.91 Å². The van der Waals surface area contributed by atoms with Crippen LogP contribution >= 0.6 is 0 Å². The highest BCUT2D eigenvalue weighted by molar-refractivity contribution is 5.83. The van der Waals surface area contributed by atoms with E-state index in [9.17, 15) is 22.4 Å². The van der Waals surface area contributed by atoms with Crippen molar-refractivity contribution in [2.75, 3.05) is 6.54 Å². The Kier molecular flexibility index (Phi) is 4.05. The Morgan fingerprint density at radius 3 is 2.44 bits per heavy atom. The summed E-state index contributed by atoms with van der Waals surface area (Å²) in [6.07, 6.45) is 1.32. The van der Waals surface area contributed by atoms with Gasteiger partial charge in [-0.05, 0) is 5.92 Å². The topological polar surface area (TPSA) is 46.3 Å². The molecule has 2 atom stereocenters. The fraction of sp³-hybridized carbons (Fsp3) is 0.727. The highest BCUT2D eigenvalue weighted by atomic mass is 19.3. The molecule has 0 bridgehead atoms. The van der Waals surface area contributed by atoms with Crippen molar-refractivity contribution in [3.8, 4) is 0 Å². The summed E-state index contributed by atoms with van der Waals surface area (Å²) in [5.74, 6) is -9.48. The molecular formula is C11H16F4N2O. The second kappa shape index (κ2) is 4.87. The summed E-state index contributed by atoms with van der Waals surface area (Å²) in [7, 11) is 0. The standard InChI is InChI=1S/C11H16F4N2O/c1-3-7(2)8(16)9(18)17-5-4-10(12,13)11(14,15)6-17/h4-5,7-8H,3,6,16H2,1-2H3/t7-,8-/m0/s1. The molecule has 1 aliphatic rings. The van der Waals surface area contributed by atoms with E-state index in [0.29, 0.717) is 17.5 Å². The molecule has 0 aromatic heterocycles. The van der Waals surface area contributed by atoms with Crippen molar-refractivity contribution in [1.82, 2.24) is 4.90 Å². The third kappa shape index (κ3) is 2.66. The van der Waals surface area contributed by atoms with Gasteiger partial charge in [0.1, 0.15) is 0 Å². The first-order chi connectivity index (χ1) is 8.12. The zero-order chi connectivity index (χ0) is 14.1. The molecule has 0 radical (unpaired) electrons. The maximum absolute atomic E-state index is 13.1. The summed E-state index contributed by atoms with van der Waals surface area (Å²) in [6.45, 7) is 2.15. The lowest BCUT2D eigenvalue weighted by atomic mass is 9.98. The van der Waals surface area contributed by atoms with E-state index in [0.717, 1.165) is 0 Å². The minimum absolute atomic E-state index is 0.0394. The van der Waals surface area contributed by atoms with E-state index in [2.05, 4.69) is 0 Å². The molecule has 1 heterocycles. The second-order valence-electron chi connectivity index (χ2n) is 4.52. The van der Waals surface area contributed by atoms with E-state index in [-0.39, 0.29) is 12.0 Å². The van der Waals surface area contributed by atoms with Gasteiger partial charge in [-0.3, -0.25) is 4.79 Å². The highest BCUT2D eigenvalue weighted by Gasteiger charge is 2.57. The Hall–Kier alpha value is -1.11. The number of nitrogens with zero attached hydrogens (tertiary/aromatic N) is 1. The van der Waals surface area contributed by atoms with Gasteiger partial charge in [0.15, 0.2) is 0 Å². The summed E-state index contributed by atoms with van der Waals surface area (Å²) >= 11 is 0. The van der Waals surface area contributed by atoms with Crippen LogP contribution in [0.2, 0.25) is 0 Å². The van der Waals surface area contributed by atoms with Crippen LogP contribution in [0.4, 0.5) is 17.6 Å². The predicted octanol–water partition coefficient (Wildman–Crippen LogP) is 1.99. The summed E-state index contributed by atoms with van der Waals surface area (Å²) in [6, 6.07) is -0.970. The monoisotopic (exact) mass is 268 g/mol. The van der Waals surface area contributed by atoms with Crippen LogP contribution in [0.5, 0.6) is 0 Å². The maximum Gasteiger partial charge on any atom is 0.332 e. The number of carbonyl (C=O) groups excluding carboxylic acids is 1. The Labute approximate surface area is 103 Å². The SMILES string of the molecule is CC[C@H](C)[C@H](N)C(=O)N1C=CC(F)(F)C(F)(F)C1. The molecule has 104 valence electrons. The smallest absolute Gasteiger partial charge is 0.320 e. The molecule has 18 heavy (non-hydrogen) atoms. The fourth-order valence-electron chi connectivity index (χ4n) is 1.52. The summed E-state index contributed by atoms with van der Waals surface area (Å²) < 4.78 is 51.9. The van der Waals surface area contributed by atoms with Crippen molar-refractivity contribution in [2.45, 2.75) is 38.2 Å². The zero-order valence-corrected chi connectivity index (χ0v) is 10.2. The van der Waals surface area contributed by atoms with Gasteiger partial charge >= 0.3 is 11.8 Å². The van der Waals surface area contributed by atoms with Crippen LogP contribution in [0.3, 0.4) is 0 Å². The van der Waals surface area contributed by atoms with Crippen molar-refractivity contribution in [1.29, 1.82) is 0 Å². The fourth-order valence-corrected chi connectivity index (χ4v) is 1.52. The molecule has 0 fully saturated rings. The predicted molar refractivity (Wildman–Crippen MR) is 58.2 cm³/mol. The van der Waals surface area contributed by atoms with E-state index < -0.39 is 30.3 Å². The van der Waals surface area contributed by atoms with Crippen LogP contribution in [0.1, 0.15) is 20.3 Å². The minimum Gasteiger partial charge on any atom is -0.320 e. The molecule has 1 rings (SSSR count). The molecule has 1 aliphatic heterocycles. The number of hydrogen-bond acceptors (Lipinski definition) is 2. The van der Waals surface area contributed by atoms with Crippen LogP contribution < -0.4 is 5.73 Å². The first-order valence-corrected chi connectivity index (χ1v) is 5.63. The number of allylic oxidation sites excluding steroid dienone is 1. The number of halogens is 4. The molecule has 0 aliphatic carbocycles.